The minimum Gasteiger partial charge on any atom is -0.454 e. The van der Waals surface area contributed by atoms with Crippen molar-refractivity contribution >= 4 is 21.8 Å². The number of hydrogen-bond donors (Lipinski definition) is 0. The highest BCUT2D eigenvalue weighted by atomic mass is 32.2. The van der Waals surface area contributed by atoms with Crippen molar-refractivity contribution in [2.45, 2.75) is 25.7 Å². The van der Waals surface area contributed by atoms with Crippen LogP contribution in [0.15, 0.2) is 29.2 Å². The van der Waals surface area contributed by atoms with Crippen LogP contribution in [0.3, 0.4) is 0 Å². The summed E-state index contributed by atoms with van der Waals surface area (Å²) in [6, 6.07) is 5.53. The van der Waals surface area contributed by atoms with E-state index < -0.39 is 21.4 Å². The first kappa shape index (κ1) is 18.3. The second kappa shape index (κ2) is 6.58. The molecule has 7 heteroatoms. The Bertz CT molecular complexity index is 671. The first-order valence-electron chi connectivity index (χ1n) is 6.69. The molecule has 0 aromatic heterocycles. The predicted molar refractivity (Wildman–Crippen MR) is 82.1 cm³/mol. The maximum Gasteiger partial charge on any atom is 0.338 e. The molecule has 0 aliphatic rings. The Morgan fingerprint density at radius 2 is 1.77 bits per heavy atom. The van der Waals surface area contributed by atoms with E-state index in [-0.39, 0.29) is 22.8 Å². The summed E-state index contributed by atoms with van der Waals surface area (Å²) in [6.45, 7) is 4.85. The van der Waals surface area contributed by atoms with Crippen LogP contribution >= 0.6 is 0 Å². The molecule has 6 nitrogen and oxygen atoms in total. The van der Waals surface area contributed by atoms with Crippen LogP contribution in [0.1, 0.15) is 31.1 Å². The van der Waals surface area contributed by atoms with Crippen molar-refractivity contribution in [2.75, 3.05) is 20.7 Å². The maximum absolute atomic E-state index is 12.0. The Morgan fingerprint density at radius 1 is 1.18 bits per heavy atom. The number of carbonyl (C=O) groups is 2. The van der Waals surface area contributed by atoms with Gasteiger partial charge in [0, 0.05) is 19.5 Å². The molecular weight excluding hydrogens is 306 g/mol. The van der Waals surface area contributed by atoms with E-state index in [0.29, 0.717) is 0 Å². The van der Waals surface area contributed by atoms with E-state index in [0.717, 1.165) is 4.31 Å². The van der Waals surface area contributed by atoms with Crippen molar-refractivity contribution in [1.29, 1.82) is 0 Å². The van der Waals surface area contributed by atoms with Gasteiger partial charge >= 0.3 is 5.97 Å². The summed E-state index contributed by atoms with van der Waals surface area (Å²) in [7, 11) is -0.819. The van der Waals surface area contributed by atoms with E-state index in [1.54, 1.807) is 20.8 Å². The fourth-order valence-corrected chi connectivity index (χ4v) is 2.37. The van der Waals surface area contributed by atoms with Gasteiger partial charge in [-0.3, -0.25) is 4.79 Å². The van der Waals surface area contributed by atoms with E-state index in [1.807, 2.05) is 0 Å². The lowest BCUT2D eigenvalue weighted by Crippen LogP contribution is -2.26. The van der Waals surface area contributed by atoms with Gasteiger partial charge in [0.25, 0.3) is 0 Å². The van der Waals surface area contributed by atoms with E-state index in [1.165, 1.54) is 38.4 Å². The number of benzene rings is 1. The molecule has 0 aliphatic carbocycles. The number of Topliss-reactive ketones (excluding diaryl/α,β-unsaturated/α-hetero) is 1. The molecule has 0 aliphatic heterocycles. The molecule has 122 valence electrons. The Labute approximate surface area is 131 Å². The molecule has 0 radical (unpaired) electrons. The van der Waals surface area contributed by atoms with Gasteiger partial charge in [0.15, 0.2) is 12.4 Å². The average Bonchev–Trinajstić information content (AvgIpc) is 2.43. The van der Waals surface area contributed by atoms with Gasteiger partial charge in [-0.15, -0.1) is 0 Å². The minimum atomic E-state index is -3.63. The van der Waals surface area contributed by atoms with Crippen LogP contribution in [0.2, 0.25) is 0 Å². The Morgan fingerprint density at radius 3 is 2.27 bits per heavy atom. The molecule has 0 bridgehead atoms. The SMILES string of the molecule is CN(C)S(=O)(=O)c1cccc(C(=O)OCC(=O)C(C)(C)C)c1. The zero-order valence-electron chi connectivity index (χ0n) is 13.4. The van der Waals surface area contributed by atoms with Gasteiger partial charge in [-0.05, 0) is 18.2 Å². The van der Waals surface area contributed by atoms with Gasteiger partial charge in [-0.25, -0.2) is 17.5 Å². The number of ether oxygens (including phenoxy) is 1. The molecule has 1 rings (SSSR count). The summed E-state index contributed by atoms with van der Waals surface area (Å²) in [5.74, 6) is -0.939. The summed E-state index contributed by atoms with van der Waals surface area (Å²) < 4.78 is 30.1. The van der Waals surface area contributed by atoms with Gasteiger partial charge < -0.3 is 4.74 Å². The van der Waals surface area contributed by atoms with E-state index in [9.17, 15) is 18.0 Å². The highest BCUT2D eigenvalue weighted by molar-refractivity contribution is 7.89. The van der Waals surface area contributed by atoms with Crippen molar-refractivity contribution in [3.8, 4) is 0 Å². The molecule has 1 aromatic carbocycles. The quantitative estimate of drug-likeness (QED) is 0.769. The van der Waals surface area contributed by atoms with Crippen molar-refractivity contribution < 1.29 is 22.7 Å². The maximum atomic E-state index is 12.0. The normalized spacial score (nSPS) is 12.3. The van der Waals surface area contributed by atoms with Gasteiger partial charge in [-0.1, -0.05) is 26.8 Å². The molecule has 22 heavy (non-hydrogen) atoms. The van der Waals surface area contributed by atoms with Crippen LogP contribution in [-0.4, -0.2) is 45.2 Å². The van der Waals surface area contributed by atoms with Gasteiger partial charge in [0.05, 0.1) is 10.5 Å². The summed E-state index contributed by atoms with van der Waals surface area (Å²) in [6.07, 6.45) is 0. The monoisotopic (exact) mass is 327 g/mol. The van der Waals surface area contributed by atoms with Crippen LogP contribution in [0.25, 0.3) is 0 Å². The standard InChI is InChI=1S/C15H21NO5S/c1-15(2,3)13(17)10-21-14(18)11-7-6-8-12(9-11)22(19,20)16(4)5/h6-9H,10H2,1-5H3. The van der Waals surface area contributed by atoms with Gasteiger partial charge in [-0.2, -0.15) is 0 Å². The topological polar surface area (TPSA) is 80.8 Å². The molecule has 0 spiro atoms. The van der Waals surface area contributed by atoms with Crippen molar-refractivity contribution in [2.24, 2.45) is 5.41 Å². The lowest BCUT2D eigenvalue weighted by atomic mass is 9.91. The smallest absolute Gasteiger partial charge is 0.338 e. The van der Waals surface area contributed by atoms with Gasteiger partial charge in [0.1, 0.15) is 0 Å². The van der Waals surface area contributed by atoms with E-state index in [4.69, 9.17) is 4.74 Å². The second-order valence-corrected chi connectivity index (χ2v) is 8.22. The average molecular weight is 327 g/mol. The number of hydrogen-bond acceptors (Lipinski definition) is 5. The summed E-state index contributed by atoms with van der Waals surface area (Å²) in [5, 5.41) is 0. The third-order valence-electron chi connectivity index (χ3n) is 3.02. The third kappa shape index (κ3) is 4.38. The molecule has 0 heterocycles. The number of sulfonamides is 1. The van der Waals surface area contributed by atoms with Gasteiger partial charge in [0.2, 0.25) is 10.0 Å². The number of carbonyl (C=O) groups excluding carboxylic acids is 2. The lowest BCUT2D eigenvalue weighted by Gasteiger charge is -2.16. The van der Waals surface area contributed by atoms with Crippen molar-refractivity contribution in [1.82, 2.24) is 4.31 Å². The van der Waals surface area contributed by atoms with Crippen molar-refractivity contribution in [3.05, 3.63) is 29.8 Å². The van der Waals surface area contributed by atoms with Crippen LogP contribution in [0, 0.1) is 5.41 Å². The van der Waals surface area contributed by atoms with Crippen LogP contribution in [-0.2, 0) is 19.6 Å². The van der Waals surface area contributed by atoms with E-state index >= 15 is 0 Å². The minimum absolute atomic E-state index is 0.00546. The number of esters is 1. The summed E-state index contributed by atoms with van der Waals surface area (Å²) in [5.41, 5.74) is -0.513. The molecule has 0 atom stereocenters. The van der Waals surface area contributed by atoms with Crippen LogP contribution < -0.4 is 0 Å². The number of ketones is 1. The fourth-order valence-electron chi connectivity index (χ4n) is 1.43. The summed E-state index contributed by atoms with van der Waals surface area (Å²) in [4.78, 5) is 23.7. The molecule has 0 unspecified atom stereocenters. The predicted octanol–water partition coefficient (Wildman–Crippen LogP) is 1.71. The lowest BCUT2D eigenvalue weighted by molar-refractivity contribution is -0.129. The Hall–Kier alpha value is -1.73. The number of nitrogens with zero attached hydrogens (tertiary/aromatic N) is 1. The first-order chi connectivity index (χ1) is 9.96. The summed E-state index contributed by atoms with van der Waals surface area (Å²) >= 11 is 0. The number of rotatable bonds is 5. The molecule has 0 fully saturated rings. The third-order valence-corrected chi connectivity index (χ3v) is 4.83. The highest BCUT2D eigenvalue weighted by Crippen LogP contribution is 2.17. The molecule has 0 amide bonds. The Balaban J connectivity index is 2.91. The van der Waals surface area contributed by atoms with Crippen molar-refractivity contribution in [3.63, 3.8) is 0 Å². The zero-order chi connectivity index (χ0) is 17.1. The molecule has 1 aromatic rings. The van der Waals surface area contributed by atoms with Crippen LogP contribution in [0.5, 0.6) is 0 Å². The first-order valence-corrected chi connectivity index (χ1v) is 8.13. The zero-order valence-corrected chi connectivity index (χ0v) is 14.2. The molecule has 0 saturated carbocycles. The highest BCUT2D eigenvalue weighted by Gasteiger charge is 2.23. The molecular formula is C15H21NO5S. The van der Waals surface area contributed by atoms with E-state index in [2.05, 4.69) is 0 Å². The second-order valence-electron chi connectivity index (χ2n) is 6.06. The molecule has 0 N–H and O–H groups in total. The fraction of sp³-hybridized carbons (Fsp3) is 0.467. The largest absolute Gasteiger partial charge is 0.454 e. The Kier molecular flexibility index (Phi) is 5.48. The molecule has 0 saturated heterocycles. The van der Waals surface area contributed by atoms with Crippen LogP contribution in [0.4, 0.5) is 0 Å².